The number of nitriles is 1. The van der Waals surface area contributed by atoms with E-state index in [1.807, 2.05) is 31.2 Å². The first-order valence-electron chi connectivity index (χ1n) is 10.2. The van der Waals surface area contributed by atoms with Gasteiger partial charge in [0.05, 0.1) is 35.5 Å². The standard InChI is InChI=1S/C22H19N9O/c1-12(28-19-14(9-23)10-25-22(24)30-19)20-29-17-4-2-3-16(13-7-8-26-27-11-13)18(17)21(32)31(20)15-5-6-15/h2-4,7-8,10-12,15H,5-6H2,1H3,(H3,24,25,28,30)/t12-/m1/s1. The number of nitrogen functional groups attached to an aromatic ring is 1. The maximum Gasteiger partial charge on any atom is 0.262 e. The monoisotopic (exact) mass is 425 g/mol. The van der Waals surface area contributed by atoms with E-state index >= 15 is 0 Å². The van der Waals surface area contributed by atoms with E-state index < -0.39 is 6.04 Å². The second-order valence-corrected chi connectivity index (χ2v) is 7.68. The molecule has 1 aliphatic rings. The van der Waals surface area contributed by atoms with E-state index in [0.717, 1.165) is 24.0 Å². The minimum Gasteiger partial charge on any atom is -0.368 e. The van der Waals surface area contributed by atoms with Gasteiger partial charge in [0.15, 0.2) is 0 Å². The largest absolute Gasteiger partial charge is 0.368 e. The molecule has 10 heteroatoms. The van der Waals surface area contributed by atoms with Crippen LogP contribution in [-0.4, -0.2) is 29.7 Å². The quantitative estimate of drug-likeness (QED) is 0.492. The van der Waals surface area contributed by atoms with Crippen molar-refractivity contribution in [3.63, 3.8) is 0 Å². The summed E-state index contributed by atoms with van der Waals surface area (Å²) in [6.45, 7) is 1.88. The first-order chi connectivity index (χ1) is 15.6. The Morgan fingerprint density at radius 1 is 1.22 bits per heavy atom. The van der Waals surface area contributed by atoms with Gasteiger partial charge in [0.25, 0.3) is 5.56 Å². The Morgan fingerprint density at radius 3 is 2.78 bits per heavy atom. The minimum absolute atomic E-state index is 0.0559. The molecule has 3 heterocycles. The highest BCUT2D eigenvalue weighted by atomic mass is 16.1. The molecule has 0 unspecified atom stereocenters. The summed E-state index contributed by atoms with van der Waals surface area (Å²) in [7, 11) is 0. The maximum atomic E-state index is 13.7. The van der Waals surface area contributed by atoms with Crippen molar-refractivity contribution in [1.82, 2.24) is 29.7 Å². The maximum absolute atomic E-state index is 13.7. The number of benzene rings is 1. The number of anilines is 2. The summed E-state index contributed by atoms with van der Waals surface area (Å²) in [5.41, 5.74) is 8.03. The third-order valence-electron chi connectivity index (χ3n) is 5.43. The molecule has 0 bridgehead atoms. The molecule has 3 aromatic heterocycles. The van der Waals surface area contributed by atoms with E-state index in [1.165, 1.54) is 6.20 Å². The summed E-state index contributed by atoms with van der Waals surface area (Å²) in [6.07, 6.45) is 6.43. The first kappa shape index (κ1) is 19.6. The van der Waals surface area contributed by atoms with Crippen LogP contribution in [0.15, 0.2) is 47.7 Å². The van der Waals surface area contributed by atoms with Gasteiger partial charge >= 0.3 is 0 Å². The van der Waals surface area contributed by atoms with Gasteiger partial charge in [-0.05, 0) is 37.5 Å². The molecule has 32 heavy (non-hydrogen) atoms. The number of aromatic nitrogens is 6. The zero-order chi connectivity index (χ0) is 22.2. The molecule has 4 aromatic rings. The molecule has 1 atom stereocenters. The zero-order valence-corrected chi connectivity index (χ0v) is 17.2. The predicted molar refractivity (Wildman–Crippen MR) is 118 cm³/mol. The molecule has 1 aromatic carbocycles. The predicted octanol–water partition coefficient (Wildman–Crippen LogP) is 2.61. The molecule has 0 spiro atoms. The van der Waals surface area contributed by atoms with E-state index in [2.05, 4.69) is 31.6 Å². The molecule has 3 N–H and O–H groups in total. The summed E-state index contributed by atoms with van der Waals surface area (Å²) in [5.74, 6) is 0.942. The highest BCUT2D eigenvalue weighted by molar-refractivity contribution is 5.93. The van der Waals surface area contributed by atoms with Crippen molar-refractivity contribution in [2.24, 2.45) is 0 Å². The van der Waals surface area contributed by atoms with Gasteiger partial charge in [-0.3, -0.25) is 9.36 Å². The van der Waals surface area contributed by atoms with Gasteiger partial charge in [-0.2, -0.15) is 20.4 Å². The average Bonchev–Trinajstić information content (AvgIpc) is 3.64. The fraction of sp³-hybridized carbons (Fsp3) is 0.227. The van der Waals surface area contributed by atoms with Crippen molar-refractivity contribution in [2.75, 3.05) is 11.1 Å². The number of nitrogens with zero attached hydrogens (tertiary/aromatic N) is 7. The zero-order valence-electron chi connectivity index (χ0n) is 17.2. The van der Waals surface area contributed by atoms with E-state index in [4.69, 9.17) is 10.7 Å². The van der Waals surface area contributed by atoms with Crippen LogP contribution in [0.2, 0.25) is 0 Å². The van der Waals surface area contributed by atoms with Gasteiger partial charge < -0.3 is 11.1 Å². The Bertz CT molecular complexity index is 1420. The molecular formula is C22H19N9O. The topological polar surface area (TPSA) is 148 Å². The molecule has 5 rings (SSSR count). The van der Waals surface area contributed by atoms with Crippen LogP contribution >= 0.6 is 0 Å². The van der Waals surface area contributed by atoms with Crippen molar-refractivity contribution in [3.05, 3.63) is 64.6 Å². The number of nitrogens with one attached hydrogen (secondary N) is 1. The van der Waals surface area contributed by atoms with Crippen LogP contribution in [0.25, 0.3) is 22.0 Å². The summed E-state index contributed by atoms with van der Waals surface area (Å²) in [5, 5.41) is 20.9. The second-order valence-electron chi connectivity index (χ2n) is 7.68. The van der Waals surface area contributed by atoms with Crippen LogP contribution < -0.4 is 16.6 Å². The normalized spacial score (nSPS) is 14.1. The summed E-state index contributed by atoms with van der Waals surface area (Å²) >= 11 is 0. The molecule has 1 saturated carbocycles. The van der Waals surface area contributed by atoms with Crippen molar-refractivity contribution in [3.8, 4) is 17.2 Å². The molecular weight excluding hydrogens is 406 g/mol. The van der Waals surface area contributed by atoms with Crippen molar-refractivity contribution in [1.29, 1.82) is 5.26 Å². The number of rotatable bonds is 5. The van der Waals surface area contributed by atoms with Crippen LogP contribution in [-0.2, 0) is 0 Å². The van der Waals surface area contributed by atoms with Crippen LogP contribution in [0.1, 0.15) is 43.2 Å². The SMILES string of the molecule is C[C@@H](Nc1nc(N)ncc1C#N)c1nc2cccc(-c3ccnnc3)c2c(=O)n1C1CC1. The Kier molecular flexibility index (Phi) is 4.71. The van der Waals surface area contributed by atoms with E-state index in [1.54, 1.807) is 17.0 Å². The summed E-state index contributed by atoms with van der Waals surface area (Å²) in [6, 6.07) is 9.15. The fourth-order valence-electron chi connectivity index (χ4n) is 3.80. The third-order valence-corrected chi connectivity index (χ3v) is 5.43. The highest BCUT2D eigenvalue weighted by Gasteiger charge is 2.31. The Hall–Kier alpha value is -4.39. The van der Waals surface area contributed by atoms with Gasteiger partial charge in [-0.15, -0.1) is 0 Å². The first-order valence-corrected chi connectivity index (χ1v) is 10.2. The lowest BCUT2D eigenvalue weighted by atomic mass is 10.0. The molecule has 10 nitrogen and oxygen atoms in total. The van der Waals surface area contributed by atoms with Gasteiger partial charge in [-0.1, -0.05) is 12.1 Å². The highest BCUT2D eigenvalue weighted by Crippen LogP contribution is 2.37. The van der Waals surface area contributed by atoms with Crippen molar-refractivity contribution >= 4 is 22.7 Å². The van der Waals surface area contributed by atoms with E-state index in [9.17, 15) is 10.1 Å². The van der Waals surface area contributed by atoms with Crippen molar-refractivity contribution < 1.29 is 0 Å². The van der Waals surface area contributed by atoms with Crippen LogP contribution in [0.4, 0.5) is 11.8 Å². The Balaban J connectivity index is 1.66. The molecule has 0 amide bonds. The molecule has 158 valence electrons. The minimum atomic E-state index is -0.402. The molecule has 0 radical (unpaired) electrons. The van der Waals surface area contributed by atoms with Gasteiger partial charge in [0, 0.05) is 11.6 Å². The number of hydrogen-bond donors (Lipinski definition) is 2. The molecule has 0 saturated heterocycles. The van der Waals surface area contributed by atoms with E-state index in [0.29, 0.717) is 22.5 Å². The molecule has 0 aliphatic heterocycles. The summed E-state index contributed by atoms with van der Waals surface area (Å²) < 4.78 is 1.76. The van der Waals surface area contributed by atoms with Gasteiger partial charge in [-0.25, -0.2) is 9.97 Å². The van der Waals surface area contributed by atoms with Crippen molar-refractivity contribution in [2.45, 2.75) is 31.8 Å². The smallest absolute Gasteiger partial charge is 0.262 e. The molecule has 1 aliphatic carbocycles. The number of nitrogens with two attached hydrogens (primary N) is 1. The van der Waals surface area contributed by atoms with Crippen LogP contribution in [0.5, 0.6) is 0 Å². The number of hydrogen-bond acceptors (Lipinski definition) is 9. The van der Waals surface area contributed by atoms with Gasteiger partial charge in [0.2, 0.25) is 5.95 Å². The van der Waals surface area contributed by atoms with Gasteiger partial charge in [0.1, 0.15) is 23.3 Å². The lowest BCUT2D eigenvalue weighted by molar-refractivity contribution is 0.609. The average molecular weight is 425 g/mol. The van der Waals surface area contributed by atoms with E-state index in [-0.39, 0.29) is 23.1 Å². The molecule has 1 fully saturated rings. The third kappa shape index (κ3) is 3.39. The number of fused-ring (bicyclic) bond motifs is 1. The second kappa shape index (κ2) is 7.70. The summed E-state index contributed by atoms with van der Waals surface area (Å²) in [4.78, 5) is 26.6. The lowest BCUT2D eigenvalue weighted by Gasteiger charge is -2.21. The lowest BCUT2D eigenvalue weighted by Crippen LogP contribution is -2.28. The fourth-order valence-corrected chi connectivity index (χ4v) is 3.80. The Morgan fingerprint density at radius 2 is 2.06 bits per heavy atom. The van der Waals surface area contributed by atoms with Crippen LogP contribution in [0.3, 0.4) is 0 Å². The van der Waals surface area contributed by atoms with Crippen LogP contribution in [0, 0.1) is 11.3 Å². The Labute approximate surface area is 182 Å².